The summed E-state index contributed by atoms with van der Waals surface area (Å²) in [6, 6.07) is 8.12. The van der Waals surface area contributed by atoms with Gasteiger partial charge in [-0.1, -0.05) is 43.2 Å². The Morgan fingerprint density at radius 2 is 2.05 bits per heavy atom. The van der Waals surface area contributed by atoms with Gasteiger partial charge < -0.3 is 10.3 Å². The van der Waals surface area contributed by atoms with Crippen molar-refractivity contribution in [3.05, 3.63) is 53.1 Å². The Balaban J connectivity index is 1.97. The minimum Gasteiger partial charge on any atom is -0.348 e. The van der Waals surface area contributed by atoms with E-state index in [-0.39, 0.29) is 5.91 Å². The van der Waals surface area contributed by atoms with Gasteiger partial charge in [0.05, 0.1) is 6.33 Å². The maximum atomic E-state index is 12.0. The molecule has 0 saturated heterocycles. The van der Waals surface area contributed by atoms with Crippen LogP contribution in [0.1, 0.15) is 40.7 Å². The summed E-state index contributed by atoms with van der Waals surface area (Å²) in [4.78, 5) is 19.2. The number of carbonyl (C=O) groups is 1. The molecule has 0 fully saturated rings. The van der Waals surface area contributed by atoms with Crippen molar-refractivity contribution in [1.29, 1.82) is 0 Å². The summed E-state index contributed by atoms with van der Waals surface area (Å²) >= 11 is 0. The van der Waals surface area contributed by atoms with Crippen LogP contribution in [0.2, 0.25) is 0 Å². The van der Waals surface area contributed by atoms with Gasteiger partial charge in [-0.25, -0.2) is 4.98 Å². The van der Waals surface area contributed by atoms with Crippen LogP contribution in [0.15, 0.2) is 30.6 Å². The largest absolute Gasteiger partial charge is 0.348 e. The van der Waals surface area contributed by atoms with E-state index in [1.807, 2.05) is 31.2 Å². The molecule has 1 aromatic carbocycles. The van der Waals surface area contributed by atoms with E-state index in [0.29, 0.717) is 12.2 Å². The van der Waals surface area contributed by atoms with Gasteiger partial charge in [0.25, 0.3) is 5.91 Å². The Morgan fingerprint density at radius 1 is 1.32 bits per heavy atom. The lowest BCUT2D eigenvalue weighted by Gasteiger charge is -2.05. The van der Waals surface area contributed by atoms with E-state index in [4.69, 9.17) is 0 Å². The smallest absolute Gasteiger partial charge is 0.272 e. The third-order valence-electron chi connectivity index (χ3n) is 3.01. The second-order valence-corrected chi connectivity index (χ2v) is 4.65. The zero-order valence-electron chi connectivity index (χ0n) is 11.4. The number of aromatic nitrogens is 2. The van der Waals surface area contributed by atoms with Crippen LogP contribution >= 0.6 is 0 Å². The maximum absolute atomic E-state index is 12.0. The zero-order chi connectivity index (χ0) is 13.7. The molecule has 0 atom stereocenters. The fraction of sp³-hybridized carbons (Fsp3) is 0.333. The van der Waals surface area contributed by atoms with Gasteiger partial charge in [-0.2, -0.15) is 0 Å². The number of amides is 1. The quantitative estimate of drug-likeness (QED) is 0.865. The Labute approximate surface area is 113 Å². The van der Waals surface area contributed by atoms with Crippen LogP contribution in [0.4, 0.5) is 0 Å². The predicted octanol–water partition coefficient (Wildman–Crippen LogP) is 2.60. The third kappa shape index (κ3) is 3.44. The molecular formula is C15H19N3O. The van der Waals surface area contributed by atoms with E-state index >= 15 is 0 Å². The zero-order valence-corrected chi connectivity index (χ0v) is 11.4. The monoisotopic (exact) mass is 257 g/mol. The van der Waals surface area contributed by atoms with Gasteiger partial charge in [0, 0.05) is 12.2 Å². The van der Waals surface area contributed by atoms with Gasteiger partial charge in [-0.3, -0.25) is 4.79 Å². The van der Waals surface area contributed by atoms with Crippen molar-refractivity contribution in [2.75, 3.05) is 0 Å². The molecule has 0 aliphatic heterocycles. The number of nitrogens with zero attached hydrogens (tertiary/aromatic N) is 1. The highest BCUT2D eigenvalue weighted by Gasteiger charge is 2.13. The highest BCUT2D eigenvalue weighted by Crippen LogP contribution is 2.07. The molecule has 2 aromatic rings. The Kier molecular flexibility index (Phi) is 4.34. The minimum absolute atomic E-state index is 0.120. The molecule has 0 unspecified atom stereocenters. The molecule has 100 valence electrons. The molecule has 0 spiro atoms. The van der Waals surface area contributed by atoms with Gasteiger partial charge in [-0.15, -0.1) is 0 Å². The molecule has 1 heterocycles. The van der Waals surface area contributed by atoms with Crippen LogP contribution in [0.25, 0.3) is 0 Å². The van der Waals surface area contributed by atoms with Crippen molar-refractivity contribution >= 4 is 5.91 Å². The van der Waals surface area contributed by atoms with Crippen molar-refractivity contribution in [2.45, 2.75) is 33.2 Å². The molecule has 4 heteroatoms. The van der Waals surface area contributed by atoms with Gasteiger partial charge in [0.2, 0.25) is 0 Å². The summed E-state index contributed by atoms with van der Waals surface area (Å²) in [6.07, 6.45) is 3.40. The van der Waals surface area contributed by atoms with Gasteiger partial charge in [-0.05, 0) is 18.9 Å². The average molecular weight is 257 g/mol. The van der Waals surface area contributed by atoms with Gasteiger partial charge >= 0.3 is 0 Å². The average Bonchev–Trinajstić information content (AvgIpc) is 2.86. The molecule has 0 aliphatic rings. The number of rotatable bonds is 5. The van der Waals surface area contributed by atoms with E-state index in [1.54, 1.807) is 6.33 Å². The number of nitrogens with one attached hydrogen (secondary N) is 2. The Hall–Kier alpha value is -2.10. The van der Waals surface area contributed by atoms with Crippen molar-refractivity contribution in [1.82, 2.24) is 15.3 Å². The highest BCUT2D eigenvalue weighted by atomic mass is 16.1. The minimum atomic E-state index is -0.120. The van der Waals surface area contributed by atoms with Gasteiger partial charge in [0.1, 0.15) is 5.69 Å². The fourth-order valence-electron chi connectivity index (χ4n) is 1.93. The van der Waals surface area contributed by atoms with Crippen LogP contribution < -0.4 is 5.32 Å². The first-order valence-corrected chi connectivity index (χ1v) is 6.56. The van der Waals surface area contributed by atoms with Crippen molar-refractivity contribution in [2.24, 2.45) is 0 Å². The van der Waals surface area contributed by atoms with E-state index in [2.05, 4.69) is 22.2 Å². The number of aryl methyl sites for hydroxylation is 2. The number of imidazole rings is 1. The topological polar surface area (TPSA) is 57.8 Å². The van der Waals surface area contributed by atoms with Crippen LogP contribution in [-0.2, 0) is 13.0 Å². The molecule has 1 amide bonds. The summed E-state index contributed by atoms with van der Waals surface area (Å²) in [7, 11) is 0. The standard InChI is InChI=1S/C15H19N3O/c1-3-4-13-14(18-10-17-13)15(19)16-9-12-7-5-11(2)6-8-12/h5-8,10H,3-4,9H2,1-2H3,(H,16,19)(H,17,18). The Bertz CT molecular complexity index is 543. The normalized spacial score (nSPS) is 10.4. The first-order valence-electron chi connectivity index (χ1n) is 6.56. The number of hydrogen-bond donors (Lipinski definition) is 2. The van der Waals surface area contributed by atoms with Crippen LogP contribution in [-0.4, -0.2) is 15.9 Å². The third-order valence-corrected chi connectivity index (χ3v) is 3.01. The second kappa shape index (κ2) is 6.18. The van der Waals surface area contributed by atoms with Crippen LogP contribution in [0.3, 0.4) is 0 Å². The SMILES string of the molecule is CCCc1[nH]cnc1C(=O)NCc1ccc(C)cc1. The van der Waals surface area contributed by atoms with E-state index in [9.17, 15) is 4.79 Å². The number of benzene rings is 1. The summed E-state index contributed by atoms with van der Waals surface area (Å²) in [5, 5.41) is 2.90. The van der Waals surface area contributed by atoms with E-state index < -0.39 is 0 Å². The summed E-state index contributed by atoms with van der Waals surface area (Å²) in [6.45, 7) is 4.65. The molecule has 4 nitrogen and oxygen atoms in total. The summed E-state index contributed by atoms with van der Waals surface area (Å²) in [5.74, 6) is -0.120. The molecular weight excluding hydrogens is 238 g/mol. The number of hydrogen-bond acceptors (Lipinski definition) is 2. The first kappa shape index (κ1) is 13.3. The maximum Gasteiger partial charge on any atom is 0.272 e. The van der Waals surface area contributed by atoms with Crippen molar-refractivity contribution < 1.29 is 4.79 Å². The van der Waals surface area contributed by atoms with Crippen molar-refractivity contribution in [3.8, 4) is 0 Å². The number of carbonyl (C=O) groups excluding carboxylic acids is 1. The molecule has 0 radical (unpaired) electrons. The predicted molar refractivity (Wildman–Crippen MR) is 74.9 cm³/mol. The second-order valence-electron chi connectivity index (χ2n) is 4.65. The lowest BCUT2D eigenvalue weighted by molar-refractivity contribution is 0.0945. The lowest BCUT2D eigenvalue weighted by Crippen LogP contribution is -2.24. The Morgan fingerprint density at radius 3 is 2.74 bits per heavy atom. The van der Waals surface area contributed by atoms with Crippen molar-refractivity contribution in [3.63, 3.8) is 0 Å². The van der Waals surface area contributed by atoms with E-state index in [1.165, 1.54) is 5.56 Å². The molecule has 0 aliphatic carbocycles. The first-order chi connectivity index (χ1) is 9.20. The molecule has 1 aromatic heterocycles. The van der Waals surface area contributed by atoms with E-state index in [0.717, 1.165) is 24.1 Å². The molecule has 2 rings (SSSR count). The number of H-pyrrole nitrogens is 1. The van der Waals surface area contributed by atoms with Crippen LogP contribution in [0.5, 0.6) is 0 Å². The molecule has 0 bridgehead atoms. The molecule has 0 saturated carbocycles. The molecule has 2 N–H and O–H groups in total. The summed E-state index contributed by atoms with van der Waals surface area (Å²) < 4.78 is 0. The highest BCUT2D eigenvalue weighted by molar-refractivity contribution is 5.93. The number of aromatic amines is 1. The summed E-state index contributed by atoms with van der Waals surface area (Å²) in [5.41, 5.74) is 3.72. The molecule has 19 heavy (non-hydrogen) atoms. The fourth-order valence-corrected chi connectivity index (χ4v) is 1.93. The van der Waals surface area contributed by atoms with Gasteiger partial charge in [0.15, 0.2) is 0 Å². The van der Waals surface area contributed by atoms with Crippen LogP contribution in [0, 0.1) is 6.92 Å². The lowest BCUT2D eigenvalue weighted by atomic mass is 10.1.